The lowest BCUT2D eigenvalue weighted by Crippen LogP contribution is -1.99. The number of allylic oxidation sites excluding steroid dienone is 1. The number of carbonyl (C=O) groups excluding carboxylic acids is 1. The lowest BCUT2D eigenvalue weighted by Gasteiger charge is -2.09. The van der Waals surface area contributed by atoms with Crippen LogP contribution >= 0.6 is 0 Å². The van der Waals surface area contributed by atoms with E-state index in [4.69, 9.17) is 9.47 Å². The number of benzene rings is 2. The lowest BCUT2D eigenvalue weighted by atomic mass is 10.1. The van der Waals surface area contributed by atoms with E-state index in [1.807, 2.05) is 32.0 Å². The molecule has 0 spiro atoms. The smallest absolute Gasteiger partial charge is 0.187 e. The number of anilines is 1. The standard InChI is InChI=1S/C19H21NO3/c1-13-6-5-7-14(2)19(13)20-11-10-16(21)15-8-9-17(22-3)18(12-15)23-4/h5-12,20H,1-4H3/b11-10+. The van der Waals surface area contributed by atoms with Gasteiger partial charge in [-0.1, -0.05) is 18.2 Å². The molecular weight excluding hydrogens is 290 g/mol. The number of ketones is 1. The molecule has 0 saturated heterocycles. The van der Waals surface area contributed by atoms with Gasteiger partial charge >= 0.3 is 0 Å². The van der Waals surface area contributed by atoms with Crippen LogP contribution in [0.25, 0.3) is 0 Å². The van der Waals surface area contributed by atoms with Crippen LogP contribution in [0.1, 0.15) is 21.5 Å². The Kier molecular flexibility index (Phi) is 5.41. The number of aryl methyl sites for hydroxylation is 2. The number of nitrogens with one attached hydrogen (secondary N) is 1. The molecule has 0 heterocycles. The molecule has 0 bridgehead atoms. The van der Waals surface area contributed by atoms with Gasteiger partial charge in [0.25, 0.3) is 0 Å². The molecule has 0 unspecified atom stereocenters. The normalized spacial score (nSPS) is 10.6. The van der Waals surface area contributed by atoms with E-state index < -0.39 is 0 Å². The van der Waals surface area contributed by atoms with Crippen molar-refractivity contribution >= 4 is 11.5 Å². The summed E-state index contributed by atoms with van der Waals surface area (Å²) in [5.41, 5.74) is 3.83. The highest BCUT2D eigenvalue weighted by Crippen LogP contribution is 2.27. The molecule has 1 N–H and O–H groups in total. The van der Waals surface area contributed by atoms with Gasteiger partial charge < -0.3 is 14.8 Å². The Labute approximate surface area is 136 Å². The number of hydrogen-bond donors (Lipinski definition) is 1. The molecule has 4 nitrogen and oxygen atoms in total. The van der Waals surface area contributed by atoms with E-state index in [2.05, 4.69) is 5.32 Å². The van der Waals surface area contributed by atoms with Crippen molar-refractivity contribution in [2.75, 3.05) is 19.5 Å². The minimum Gasteiger partial charge on any atom is -0.493 e. The second-order valence-corrected chi connectivity index (χ2v) is 5.18. The predicted octanol–water partition coefficient (Wildman–Crippen LogP) is 4.13. The van der Waals surface area contributed by atoms with Crippen molar-refractivity contribution in [1.82, 2.24) is 0 Å². The number of ether oxygens (including phenoxy) is 2. The fourth-order valence-corrected chi connectivity index (χ4v) is 2.33. The van der Waals surface area contributed by atoms with E-state index in [9.17, 15) is 4.79 Å². The summed E-state index contributed by atoms with van der Waals surface area (Å²) in [5, 5.41) is 3.18. The van der Waals surface area contributed by atoms with Crippen LogP contribution < -0.4 is 14.8 Å². The topological polar surface area (TPSA) is 47.6 Å². The van der Waals surface area contributed by atoms with Crippen LogP contribution in [0, 0.1) is 13.8 Å². The van der Waals surface area contributed by atoms with Crippen LogP contribution in [0.5, 0.6) is 11.5 Å². The Bertz CT molecular complexity index is 715. The molecular formula is C19H21NO3. The summed E-state index contributed by atoms with van der Waals surface area (Å²) >= 11 is 0. The van der Waals surface area contributed by atoms with E-state index in [1.54, 1.807) is 38.6 Å². The number of hydrogen-bond acceptors (Lipinski definition) is 4. The van der Waals surface area contributed by atoms with Crippen LogP contribution in [0.2, 0.25) is 0 Å². The van der Waals surface area contributed by atoms with Gasteiger partial charge in [0.1, 0.15) is 0 Å². The van der Waals surface area contributed by atoms with Crippen molar-refractivity contribution in [3.05, 3.63) is 65.4 Å². The first-order chi connectivity index (χ1) is 11.1. The van der Waals surface area contributed by atoms with Gasteiger partial charge in [0.15, 0.2) is 17.3 Å². The molecule has 120 valence electrons. The average molecular weight is 311 g/mol. The van der Waals surface area contributed by atoms with E-state index in [0.29, 0.717) is 17.1 Å². The second kappa shape index (κ2) is 7.49. The molecule has 0 aromatic heterocycles. The summed E-state index contributed by atoms with van der Waals surface area (Å²) in [6.45, 7) is 4.05. The van der Waals surface area contributed by atoms with Gasteiger partial charge in [-0.15, -0.1) is 0 Å². The summed E-state index contributed by atoms with van der Waals surface area (Å²) in [6.07, 6.45) is 3.17. The molecule has 0 fully saturated rings. The Hall–Kier alpha value is -2.75. The largest absolute Gasteiger partial charge is 0.493 e. The fourth-order valence-electron chi connectivity index (χ4n) is 2.33. The molecule has 0 atom stereocenters. The molecule has 2 aromatic rings. The van der Waals surface area contributed by atoms with E-state index in [0.717, 1.165) is 16.8 Å². The minimum absolute atomic E-state index is 0.107. The van der Waals surface area contributed by atoms with Crippen LogP contribution in [-0.2, 0) is 0 Å². The van der Waals surface area contributed by atoms with Crippen molar-refractivity contribution in [3.8, 4) is 11.5 Å². The summed E-state index contributed by atoms with van der Waals surface area (Å²) < 4.78 is 10.4. The van der Waals surface area contributed by atoms with Crippen LogP contribution in [0.4, 0.5) is 5.69 Å². The van der Waals surface area contributed by atoms with E-state index in [-0.39, 0.29) is 5.78 Å². The highest BCUT2D eigenvalue weighted by Gasteiger charge is 2.08. The maximum Gasteiger partial charge on any atom is 0.187 e. The van der Waals surface area contributed by atoms with Crippen molar-refractivity contribution in [2.24, 2.45) is 0 Å². The molecule has 4 heteroatoms. The Morgan fingerprint density at radius 1 is 1.00 bits per heavy atom. The van der Waals surface area contributed by atoms with Gasteiger partial charge in [0.2, 0.25) is 0 Å². The Morgan fingerprint density at radius 2 is 1.65 bits per heavy atom. The number of carbonyl (C=O) groups is 1. The molecule has 0 aliphatic carbocycles. The van der Waals surface area contributed by atoms with Gasteiger partial charge in [-0.3, -0.25) is 4.79 Å². The van der Waals surface area contributed by atoms with Gasteiger partial charge in [-0.2, -0.15) is 0 Å². The molecule has 0 aliphatic rings. The molecule has 0 saturated carbocycles. The van der Waals surface area contributed by atoms with Crippen LogP contribution in [0.15, 0.2) is 48.7 Å². The maximum atomic E-state index is 12.2. The zero-order valence-electron chi connectivity index (χ0n) is 13.8. The highest BCUT2D eigenvalue weighted by molar-refractivity contribution is 6.05. The van der Waals surface area contributed by atoms with Crippen molar-refractivity contribution < 1.29 is 14.3 Å². The third kappa shape index (κ3) is 3.92. The molecule has 2 aromatic carbocycles. The maximum absolute atomic E-state index is 12.2. The van der Waals surface area contributed by atoms with E-state index >= 15 is 0 Å². The number of rotatable bonds is 6. The zero-order chi connectivity index (χ0) is 16.8. The van der Waals surface area contributed by atoms with Gasteiger partial charge in [0, 0.05) is 23.5 Å². The first-order valence-corrected chi connectivity index (χ1v) is 7.32. The monoisotopic (exact) mass is 311 g/mol. The van der Waals surface area contributed by atoms with Crippen molar-refractivity contribution in [2.45, 2.75) is 13.8 Å². The van der Waals surface area contributed by atoms with Gasteiger partial charge in [-0.05, 0) is 43.2 Å². The fraction of sp³-hybridized carbons (Fsp3) is 0.211. The summed E-state index contributed by atoms with van der Waals surface area (Å²) in [5.74, 6) is 1.03. The van der Waals surface area contributed by atoms with Crippen LogP contribution in [-0.4, -0.2) is 20.0 Å². The van der Waals surface area contributed by atoms with Gasteiger partial charge in [0.05, 0.1) is 14.2 Å². The third-order valence-electron chi connectivity index (χ3n) is 3.61. The van der Waals surface area contributed by atoms with Crippen molar-refractivity contribution in [1.29, 1.82) is 0 Å². The Balaban J connectivity index is 2.13. The first kappa shape index (κ1) is 16.6. The number of methoxy groups -OCH3 is 2. The summed E-state index contributed by atoms with van der Waals surface area (Å²) in [6, 6.07) is 11.2. The molecule has 0 amide bonds. The average Bonchev–Trinajstić information content (AvgIpc) is 2.56. The summed E-state index contributed by atoms with van der Waals surface area (Å²) in [7, 11) is 3.11. The summed E-state index contributed by atoms with van der Waals surface area (Å²) in [4.78, 5) is 12.2. The van der Waals surface area contributed by atoms with Crippen molar-refractivity contribution in [3.63, 3.8) is 0 Å². The Morgan fingerprint density at radius 3 is 2.26 bits per heavy atom. The molecule has 2 rings (SSSR count). The SMILES string of the molecule is COc1ccc(C(=O)/C=C/Nc2c(C)cccc2C)cc1OC. The second-order valence-electron chi connectivity index (χ2n) is 5.18. The molecule has 0 radical (unpaired) electrons. The van der Waals surface area contributed by atoms with Crippen LogP contribution in [0.3, 0.4) is 0 Å². The zero-order valence-corrected chi connectivity index (χ0v) is 13.8. The quantitative estimate of drug-likeness (QED) is 0.643. The highest BCUT2D eigenvalue weighted by atomic mass is 16.5. The van der Waals surface area contributed by atoms with Gasteiger partial charge in [-0.25, -0.2) is 0 Å². The third-order valence-corrected chi connectivity index (χ3v) is 3.61. The predicted molar refractivity (Wildman–Crippen MR) is 92.6 cm³/mol. The molecule has 0 aliphatic heterocycles. The number of para-hydroxylation sites is 1. The van der Waals surface area contributed by atoms with E-state index in [1.165, 1.54) is 6.08 Å². The molecule has 23 heavy (non-hydrogen) atoms. The first-order valence-electron chi connectivity index (χ1n) is 7.32. The lowest BCUT2D eigenvalue weighted by molar-refractivity contribution is 0.104. The minimum atomic E-state index is -0.107.